The lowest BCUT2D eigenvalue weighted by Gasteiger charge is -2.14. The van der Waals surface area contributed by atoms with E-state index < -0.39 is 0 Å². The molecule has 1 amide bonds. The second-order valence-electron chi connectivity index (χ2n) is 7.65. The lowest BCUT2D eigenvalue weighted by Crippen LogP contribution is -2.28. The molecule has 0 spiro atoms. The minimum absolute atomic E-state index is 0.0613. The number of benzene rings is 2. The van der Waals surface area contributed by atoms with Gasteiger partial charge < -0.3 is 10.1 Å². The number of ether oxygens (including phenoxy) is 1. The summed E-state index contributed by atoms with van der Waals surface area (Å²) >= 11 is 0. The van der Waals surface area contributed by atoms with E-state index in [0.717, 1.165) is 30.7 Å². The van der Waals surface area contributed by atoms with Gasteiger partial charge in [-0.1, -0.05) is 30.3 Å². The maximum absolute atomic E-state index is 12.1. The van der Waals surface area contributed by atoms with Crippen molar-refractivity contribution < 1.29 is 9.53 Å². The zero-order valence-corrected chi connectivity index (χ0v) is 15.9. The van der Waals surface area contributed by atoms with Gasteiger partial charge in [0.05, 0.1) is 0 Å². The summed E-state index contributed by atoms with van der Waals surface area (Å²) in [7, 11) is 0. The number of carbonyl (C=O) groups is 1. The van der Waals surface area contributed by atoms with Crippen molar-refractivity contribution in [2.24, 2.45) is 0 Å². The van der Waals surface area contributed by atoms with Gasteiger partial charge in [-0.3, -0.25) is 9.69 Å². The highest BCUT2D eigenvalue weighted by molar-refractivity contribution is 5.77. The second-order valence-corrected chi connectivity index (χ2v) is 7.65. The fourth-order valence-corrected chi connectivity index (χ4v) is 4.00. The lowest BCUT2D eigenvalue weighted by atomic mass is 10.1. The molecule has 2 aromatic carbocycles. The summed E-state index contributed by atoms with van der Waals surface area (Å²) in [5.74, 6) is 0.703. The predicted molar refractivity (Wildman–Crippen MR) is 107 cm³/mol. The Balaban J connectivity index is 1.20. The Labute approximate surface area is 161 Å². The molecule has 27 heavy (non-hydrogen) atoms. The summed E-state index contributed by atoms with van der Waals surface area (Å²) in [5, 5.41) is 2.94. The molecule has 0 aromatic heterocycles. The average molecular weight is 364 g/mol. The van der Waals surface area contributed by atoms with Crippen molar-refractivity contribution in [3.63, 3.8) is 0 Å². The minimum Gasteiger partial charge on any atom is -0.484 e. The fraction of sp³-hybridized carbons (Fsp3) is 0.435. The number of carbonyl (C=O) groups excluding carboxylic acids is 1. The Bertz CT molecular complexity index is 779. The number of nitrogens with one attached hydrogen (secondary N) is 1. The van der Waals surface area contributed by atoms with Gasteiger partial charge in [0.2, 0.25) is 0 Å². The number of amides is 1. The molecule has 1 heterocycles. The minimum atomic E-state index is -0.0864. The molecular formula is C23H28N2O2. The van der Waals surface area contributed by atoms with Crippen LogP contribution >= 0.6 is 0 Å². The maximum Gasteiger partial charge on any atom is 0.258 e. The summed E-state index contributed by atoms with van der Waals surface area (Å²) in [6.07, 6.45) is 6.13. The van der Waals surface area contributed by atoms with Gasteiger partial charge in [0.15, 0.2) is 6.61 Å². The third-order valence-electron chi connectivity index (χ3n) is 5.56. The molecule has 0 bridgehead atoms. The van der Waals surface area contributed by atoms with Gasteiger partial charge >= 0.3 is 0 Å². The van der Waals surface area contributed by atoms with Crippen LogP contribution in [0, 0.1) is 0 Å². The first-order chi connectivity index (χ1) is 13.3. The van der Waals surface area contributed by atoms with Crippen LogP contribution in [0.4, 0.5) is 0 Å². The third kappa shape index (κ3) is 4.89. The van der Waals surface area contributed by atoms with Gasteiger partial charge in [-0.25, -0.2) is 0 Å². The number of nitrogens with zero attached hydrogens (tertiary/aromatic N) is 1. The second kappa shape index (κ2) is 8.57. The number of rotatable bonds is 7. The molecule has 4 rings (SSSR count). The molecule has 2 aromatic rings. The third-order valence-corrected chi connectivity index (χ3v) is 5.56. The molecule has 1 aliphatic carbocycles. The number of fused-ring (bicyclic) bond motifs is 1. The van der Waals surface area contributed by atoms with Gasteiger partial charge in [-0.2, -0.15) is 0 Å². The van der Waals surface area contributed by atoms with Crippen LogP contribution in [-0.2, 0) is 30.7 Å². The fourth-order valence-electron chi connectivity index (χ4n) is 4.00. The monoisotopic (exact) mass is 364 g/mol. The molecule has 1 aliphatic heterocycles. The van der Waals surface area contributed by atoms with E-state index in [4.69, 9.17) is 4.74 Å². The number of aryl methyl sites for hydroxylation is 2. The van der Waals surface area contributed by atoms with Crippen LogP contribution in [0.2, 0.25) is 0 Å². The van der Waals surface area contributed by atoms with Gasteiger partial charge in [0.1, 0.15) is 5.75 Å². The van der Waals surface area contributed by atoms with E-state index in [-0.39, 0.29) is 12.5 Å². The van der Waals surface area contributed by atoms with E-state index in [1.165, 1.54) is 49.0 Å². The Morgan fingerprint density at radius 2 is 1.67 bits per heavy atom. The molecule has 0 saturated carbocycles. The molecule has 1 fully saturated rings. The summed E-state index contributed by atoms with van der Waals surface area (Å²) in [4.78, 5) is 14.6. The Morgan fingerprint density at radius 1 is 0.926 bits per heavy atom. The highest BCUT2D eigenvalue weighted by Crippen LogP contribution is 2.25. The summed E-state index contributed by atoms with van der Waals surface area (Å²) in [6, 6.07) is 14.7. The first kappa shape index (κ1) is 18.1. The van der Waals surface area contributed by atoms with Crippen LogP contribution in [0.15, 0.2) is 42.5 Å². The van der Waals surface area contributed by atoms with Gasteiger partial charge in [-0.05, 0) is 79.6 Å². The van der Waals surface area contributed by atoms with Crippen molar-refractivity contribution in [1.82, 2.24) is 10.2 Å². The van der Waals surface area contributed by atoms with Crippen LogP contribution in [0.3, 0.4) is 0 Å². The maximum atomic E-state index is 12.1. The Kier molecular flexibility index (Phi) is 5.73. The molecule has 0 radical (unpaired) electrons. The van der Waals surface area contributed by atoms with Crippen LogP contribution in [0.5, 0.6) is 5.75 Å². The van der Waals surface area contributed by atoms with E-state index in [1.807, 2.05) is 6.07 Å². The van der Waals surface area contributed by atoms with E-state index in [1.54, 1.807) is 0 Å². The normalized spacial score (nSPS) is 16.3. The van der Waals surface area contributed by atoms with Gasteiger partial charge in [-0.15, -0.1) is 0 Å². The van der Waals surface area contributed by atoms with Crippen LogP contribution in [0.1, 0.15) is 41.5 Å². The van der Waals surface area contributed by atoms with Crippen LogP contribution in [0.25, 0.3) is 0 Å². The van der Waals surface area contributed by atoms with Crippen molar-refractivity contribution >= 4 is 5.91 Å². The molecule has 0 unspecified atom stereocenters. The summed E-state index contributed by atoms with van der Waals surface area (Å²) < 4.78 is 5.66. The smallest absolute Gasteiger partial charge is 0.258 e. The van der Waals surface area contributed by atoms with Crippen molar-refractivity contribution in [2.75, 3.05) is 19.7 Å². The van der Waals surface area contributed by atoms with Crippen LogP contribution in [-0.4, -0.2) is 30.5 Å². The van der Waals surface area contributed by atoms with Crippen LogP contribution < -0.4 is 10.1 Å². The summed E-state index contributed by atoms with van der Waals surface area (Å²) in [5.41, 5.74) is 5.24. The molecule has 4 heteroatoms. The first-order valence-corrected chi connectivity index (χ1v) is 10.1. The zero-order chi connectivity index (χ0) is 18.5. The van der Waals surface area contributed by atoms with E-state index in [9.17, 15) is 4.79 Å². The highest BCUT2D eigenvalue weighted by Gasteiger charge is 2.13. The van der Waals surface area contributed by atoms with Crippen molar-refractivity contribution in [2.45, 2.75) is 45.2 Å². The molecule has 4 nitrogen and oxygen atoms in total. The molecular weight excluding hydrogens is 336 g/mol. The molecule has 1 N–H and O–H groups in total. The van der Waals surface area contributed by atoms with Crippen molar-refractivity contribution in [3.8, 4) is 5.75 Å². The number of hydrogen-bond acceptors (Lipinski definition) is 3. The highest BCUT2D eigenvalue weighted by atomic mass is 16.5. The Morgan fingerprint density at radius 3 is 2.48 bits per heavy atom. The predicted octanol–water partition coefficient (Wildman–Crippen LogP) is 3.47. The quantitative estimate of drug-likeness (QED) is 0.818. The van der Waals surface area contributed by atoms with E-state index in [2.05, 4.69) is 46.6 Å². The molecule has 0 atom stereocenters. The molecule has 1 saturated heterocycles. The zero-order valence-electron chi connectivity index (χ0n) is 15.9. The SMILES string of the molecule is O=C(COc1ccc2c(c1)CCC2)NCc1ccc(CN2CCCC2)cc1. The average Bonchev–Trinajstić information content (AvgIpc) is 3.37. The van der Waals surface area contributed by atoms with E-state index >= 15 is 0 Å². The number of hydrogen-bond donors (Lipinski definition) is 1. The molecule has 2 aliphatic rings. The number of likely N-dealkylation sites (tertiary alicyclic amines) is 1. The lowest BCUT2D eigenvalue weighted by molar-refractivity contribution is -0.123. The van der Waals surface area contributed by atoms with Crippen molar-refractivity contribution in [3.05, 3.63) is 64.7 Å². The van der Waals surface area contributed by atoms with Crippen molar-refractivity contribution in [1.29, 1.82) is 0 Å². The topological polar surface area (TPSA) is 41.6 Å². The van der Waals surface area contributed by atoms with E-state index in [0.29, 0.717) is 6.54 Å². The largest absolute Gasteiger partial charge is 0.484 e. The standard InChI is InChI=1S/C23H28N2O2/c26-23(17-27-22-11-10-20-4-3-5-21(20)14-22)24-15-18-6-8-19(9-7-18)16-25-12-1-2-13-25/h6-11,14H,1-5,12-13,15-17H2,(H,24,26). The first-order valence-electron chi connectivity index (χ1n) is 10.1. The van der Waals surface area contributed by atoms with Gasteiger partial charge in [0, 0.05) is 13.1 Å². The summed E-state index contributed by atoms with van der Waals surface area (Å²) in [6.45, 7) is 4.05. The Hall–Kier alpha value is -2.33. The molecule has 142 valence electrons. The van der Waals surface area contributed by atoms with Gasteiger partial charge in [0.25, 0.3) is 5.91 Å².